The van der Waals surface area contributed by atoms with Gasteiger partial charge in [0.15, 0.2) is 0 Å². The minimum Gasteiger partial charge on any atom is -0.383 e. The average molecular weight is 390 g/mol. The number of carbonyl (C=O) groups is 1. The van der Waals surface area contributed by atoms with Crippen molar-refractivity contribution in [3.8, 4) is 0 Å². The monoisotopic (exact) mass is 390 g/mol. The predicted octanol–water partition coefficient (Wildman–Crippen LogP) is 4.48. The summed E-state index contributed by atoms with van der Waals surface area (Å²) < 4.78 is 0. The van der Waals surface area contributed by atoms with Crippen LogP contribution in [0.2, 0.25) is 0 Å². The minimum atomic E-state index is -0.0157. The van der Waals surface area contributed by atoms with Crippen LogP contribution in [0.4, 0.5) is 5.82 Å². The molecule has 0 saturated carbocycles. The van der Waals surface area contributed by atoms with E-state index < -0.39 is 0 Å². The lowest BCUT2D eigenvalue weighted by Gasteiger charge is -2.28. The number of nitrogens with one attached hydrogen (secondary N) is 2. The van der Waals surface area contributed by atoms with E-state index in [2.05, 4.69) is 33.4 Å². The second-order valence-electron chi connectivity index (χ2n) is 6.94. The molecule has 0 radical (unpaired) electrons. The summed E-state index contributed by atoms with van der Waals surface area (Å²) in [7, 11) is 0. The molecule has 1 atom stereocenters. The standard InChI is InChI=1S/C16H20N2O.C6H6N4/c1-5-12(4)18(11(2)3)16(19)15-10-13-8-6-7-9-14(13)17-15;7-5-4-1-2-8-6(4)10-3-9-5/h6-10,12,17H,2,5H2,1,3-4H3;1-3H,(H3,7,8,9,10). The van der Waals surface area contributed by atoms with E-state index in [-0.39, 0.29) is 11.9 Å². The molecule has 1 unspecified atom stereocenters. The summed E-state index contributed by atoms with van der Waals surface area (Å²) >= 11 is 0. The van der Waals surface area contributed by atoms with Crippen molar-refractivity contribution in [1.82, 2.24) is 24.8 Å². The van der Waals surface area contributed by atoms with Gasteiger partial charge in [0.05, 0.1) is 5.39 Å². The molecule has 29 heavy (non-hydrogen) atoms. The smallest absolute Gasteiger partial charge is 0.274 e. The van der Waals surface area contributed by atoms with Crippen LogP contribution in [0, 0.1) is 0 Å². The van der Waals surface area contributed by atoms with Crippen LogP contribution in [0.15, 0.2) is 61.2 Å². The number of para-hydroxylation sites is 1. The molecule has 150 valence electrons. The molecule has 1 amide bonds. The Hall–Kier alpha value is -3.61. The van der Waals surface area contributed by atoms with Gasteiger partial charge in [0.2, 0.25) is 0 Å². The summed E-state index contributed by atoms with van der Waals surface area (Å²) in [6.07, 6.45) is 4.13. The second kappa shape index (κ2) is 8.60. The number of H-pyrrole nitrogens is 2. The number of nitrogens with two attached hydrogens (primary N) is 1. The number of carbonyl (C=O) groups excluding carboxylic acids is 1. The number of fused-ring (bicyclic) bond motifs is 2. The lowest BCUT2D eigenvalue weighted by molar-refractivity contribution is 0.0751. The number of aromatic nitrogens is 4. The van der Waals surface area contributed by atoms with Crippen LogP contribution in [0.1, 0.15) is 37.7 Å². The molecule has 4 rings (SSSR count). The van der Waals surface area contributed by atoms with Gasteiger partial charge in [-0.05, 0) is 38.5 Å². The maximum absolute atomic E-state index is 12.6. The highest BCUT2D eigenvalue weighted by atomic mass is 16.2. The minimum absolute atomic E-state index is 0.0157. The molecule has 7 nitrogen and oxygen atoms in total. The van der Waals surface area contributed by atoms with E-state index >= 15 is 0 Å². The largest absolute Gasteiger partial charge is 0.383 e. The zero-order chi connectivity index (χ0) is 21.0. The Balaban J connectivity index is 0.000000200. The van der Waals surface area contributed by atoms with Crippen molar-refractivity contribution in [2.45, 2.75) is 33.2 Å². The van der Waals surface area contributed by atoms with Gasteiger partial charge in [-0.3, -0.25) is 4.79 Å². The highest BCUT2D eigenvalue weighted by Gasteiger charge is 2.22. The van der Waals surface area contributed by atoms with Crippen molar-refractivity contribution in [3.63, 3.8) is 0 Å². The van der Waals surface area contributed by atoms with Crippen LogP contribution >= 0.6 is 0 Å². The normalized spacial score (nSPS) is 11.7. The predicted molar refractivity (Wildman–Crippen MR) is 117 cm³/mol. The van der Waals surface area contributed by atoms with Gasteiger partial charge >= 0.3 is 0 Å². The number of anilines is 1. The van der Waals surface area contributed by atoms with Crippen LogP contribution in [0.3, 0.4) is 0 Å². The fraction of sp³-hybridized carbons (Fsp3) is 0.227. The van der Waals surface area contributed by atoms with Crippen molar-refractivity contribution < 1.29 is 4.79 Å². The van der Waals surface area contributed by atoms with Gasteiger partial charge in [-0.1, -0.05) is 31.7 Å². The SMILES string of the molecule is C=C(C)N(C(=O)c1cc2ccccc2[nH]1)C(C)CC.Nc1ncnc2[nH]ccc12. The fourth-order valence-corrected chi connectivity index (χ4v) is 3.14. The molecule has 0 bridgehead atoms. The first kappa shape index (κ1) is 20.1. The molecule has 4 aromatic rings. The summed E-state index contributed by atoms with van der Waals surface area (Å²) in [6.45, 7) is 9.89. The summed E-state index contributed by atoms with van der Waals surface area (Å²) in [4.78, 5) is 28.2. The molecular formula is C22H26N6O. The third kappa shape index (κ3) is 4.29. The summed E-state index contributed by atoms with van der Waals surface area (Å²) in [5, 5.41) is 1.93. The number of hydrogen-bond donors (Lipinski definition) is 3. The Morgan fingerprint density at radius 3 is 2.69 bits per heavy atom. The Kier molecular flexibility index (Phi) is 5.97. The van der Waals surface area contributed by atoms with E-state index in [9.17, 15) is 4.79 Å². The number of aromatic amines is 2. The zero-order valence-electron chi connectivity index (χ0n) is 16.9. The molecule has 4 N–H and O–H groups in total. The number of allylic oxidation sites excluding steroid dienone is 1. The van der Waals surface area contributed by atoms with Gasteiger partial charge in [0.1, 0.15) is 23.5 Å². The van der Waals surface area contributed by atoms with Gasteiger partial charge < -0.3 is 20.6 Å². The Bertz CT molecular complexity index is 1110. The van der Waals surface area contributed by atoms with E-state index in [0.717, 1.165) is 34.1 Å². The summed E-state index contributed by atoms with van der Waals surface area (Å²) in [5.74, 6) is 0.504. The molecule has 0 fully saturated rings. The number of benzene rings is 1. The van der Waals surface area contributed by atoms with Crippen molar-refractivity contribution >= 4 is 33.7 Å². The molecule has 0 aliphatic carbocycles. The number of nitrogen functional groups attached to an aromatic ring is 1. The van der Waals surface area contributed by atoms with Crippen molar-refractivity contribution in [2.75, 3.05) is 5.73 Å². The molecule has 3 heterocycles. The van der Waals surface area contributed by atoms with E-state index in [1.807, 2.05) is 50.2 Å². The van der Waals surface area contributed by atoms with Crippen molar-refractivity contribution in [2.24, 2.45) is 0 Å². The van der Waals surface area contributed by atoms with Crippen LogP contribution < -0.4 is 5.73 Å². The Morgan fingerprint density at radius 2 is 2.03 bits per heavy atom. The van der Waals surface area contributed by atoms with E-state index in [1.165, 1.54) is 6.33 Å². The molecule has 0 aliphatic heterocycles. The van der Waals surface area contributed by atoms with Crippen molar-refractivity contribution in [3.05, 3.63) is 66.9 Å². The summed E-state index contributed by atoms with van der Waals surface area (Å²) in [5.41, 5.74) is 8.69. The van der Waals surface area contributed by atoms with Gasteiger partial charge in [-0.25, -0.2) is 9.97 Å². The maximum atomic E-state index is 12.6. The Morgan fingerprint density at radius 1 is 1.28 bits per heavy atom. The van der Waals surface area contributed by atoms with E-state index in [1.54, 1.807) is 11.1 Å². The highest BCUT2D eigenvalue weighted by molar-refractivity contribution is 5.98. The molecule has 0 aliphatic rings. The second-order valence-corrected chi connectivity index (χ2v) is 6.94. The quantitative estimate of drug-likeness (QED) is 0.478. The highest BCUT2D eigenvalue weighted by Crippen LogP contribution is 2.20. The maximum Gasteiger partial charge on any atom is 0.274 e. The van der Waals surface area contributed by atoms with Gasteiger partial charge in [0, 0.05) is 28.8 Å². The topological polar surface area (TPSA) is 104 Å². The fourth-order valence-electron chi connectivity index (χ4n) is 3.14. The number of nitrogens with zero attached hydrogens (tertiary/aromatic N) is 3. The molecular weight excluding hydrogens is 364 g/mol. The molecule has 3 aromatic heterocycles. The molecule has 0 spiro atoms. The first-order chi connectivity index (χ1) is 13.9. The number of rotatable bonds is 4. The first-order valence-electron chi connectivity index (χ1n) is 9.52. The lowest BCUT2D eigenvalue weighted by Crippen LogP contribution is -2.36. The third-order valence-corrected chi connectivity index (χ3v) is 4.81. The first-order valence-corrected chi connectivity index (χ1v) is 9.52. The van der Waals surface area contributed by atoms with Crippen molar-refractivity contribution in [1.29, 1.82) is 0 Å². The third-order valence-electron chi connectivity index (χ3n) is 4.81. The van der Waals surface area contributed by atoms with Crippen LogP contribution in [-0.2, 0) is 0 Å². The number of amides is 1. The van der Waals surface area contributed by atoms with Crippen LogP contribution in [0.5, 0.6) is 0 Å². The van der Waals surface area contributed by atoms with Crippen LogP contribution in [0.25, 0.3) is 21.9 Å². The van der Waals surface area contributed by atoms with Gasteiger partial charge in [-0.2, -0.15) is 0 Å². The summed E-state index contributed by atoms with van der Waals surface area (Å²) in [6, 6.07) is 11.8. The number of hydrogen-bond acceptors (Lipinski definition) is 4. The van der Waals surface area contributed by atoms with Crippen LogP contribution in [-0.4, -0.2) is 36.8 Å². The van der Waals surface area contributed by atoms with Gasteiger partial charge in [-0.15, -0.1) is 0 Å². The molecule has 1 aromatic carbocycles. The zero-order valence-corrected chi connectivity index (χ0v) is 16.9. The lowest BCUT2D eigenvalue weighted by atomic mass is 10.2. The van der Waals surface area contributed by atoms with Gasteiger partial charge in [0.25, 0.3) is 5.91 Å². The molecule has 0 saturated heterocycles. The molecule has 7 heteroatoms. The van der Waals surface area contributed by atoms with E-state index in [4.69, 9.17) is 5.73 Å². The Labute approximate surface area is 169 Å². The average Bonchev–Trinajstić information content (AvgIpc) is 3.35. The van der Waals surface area contributed by atoms with E-state index in [0.29, 0.717) is 11.5 Å².